The molecule has 1 amide bonds. The molecule has 1 atom stereocenters. The fraction of sp³-hybridized carbons (Fsp3) is 0.421. The highest BCUT2D eigenvalue weighted by Crippen LogP contribution is 2.31. The summed E-state index contributed by atoms with van der Waals surface area (Å²) < 4.78 is 5.81. The Morgan fingerprint density at radius 1 is 1.12 bits per heavy atom. The van der Waals surface area contributed by atoms with Crippen molar-refractivity contribution < 1.29 is 9.21 Å². The Labute approximate surface area is 157 Å². The van der Waals surface area contributed by atoms with Crippen molar-refractivity contribution in [2.75, 3.05) is 0 Å². The number of hydrogen-bond donors (Lipinski definition) is 1. The van der Waals surface area contributed by atoms with Gasteiger partial charge in [-0.25, -0.2) is 0 Å². The maximum absolute atomic E-state index is 12.8. The minimum atomic E-state index is -0.295. The molecule has 6 nitrogen and oxygen atoms in total. The molecule has 2 heterocycles. The number of para-hydroxylation sites is 1. The Morgan fingerprint density at radius 2 is 1.81 bits per heavy atom. The molecule has 0 unspecified atom stereocenters. The molecule has 1 N–H and O–H groups in total. The molecule has 3 rings (SSSR count). The quantitative estimate of drug-likeness (QED) is 0.651. The standard InChI is InChI=1S/C19H24N4O2S/c1-11(2)23(12(3)4)18(24)13(5)26-19-22-21-17(25-19)15-10-20-16-9-7-6-8-14(15)16/h6-13,20H,1-5H3/t13-/m0/s1. The molecule has 0 bridgehead atoms. The fourth-order valence-corrected chi connectivity index (χ4v) is 3.87. The number of rotatable bonds is 6. The number of thioether (sulfide) groups is 1. The summed E-state index contributed by atoms with van der Waals surface area (Å²) in [5.41, 5.74) is 1.88. The van der Waals surface area contributed by atoms with Crippen LogP contribution in [-0.4, -0.2) is 43.3 Å². The summed E-state index contributed by atoms with van der Waals surface area (Å²) in [5, 5.41) is 9.40. The van der Waals surface area contributed by atoms with Crippen molar-refractivity contribution in [3.63, 3.8) is 0 Å². The Morgan fingerprint density at radius 3 is 2.50 bits per heavy atom. The van der Waals surface area contributed by atoms with Gasteiger partial charge in [-0.3, -0.25) is 4.79 Å². The van der Waals surface area contributed by atoms with Crippen molar-refractivity contribution in [2.24, 2.45) is 0 Å². The van der Waals surface area contributed by atoms with Crippen molar-refractivity contribution >= 4 is 28.6 Å². The number of nitrogens with one attached hydrogen (secondary N) is 1. The van der Waals surface area contributed by atoms with E-state index in [-0.39, 0.29) is 23.2 Å². The van der Waals surface area contributed by atoms with Gasteiger partial charge in [0.15, 0.2) is 0 Å². The average Bonchev–Trinajstić information content (AvgIpc) is 3.20. The van der Waals surface area contributed by atoms with Gasteiger partial charge in [-0.05, 0) is 40.7 Å². The summed E-state index contributed by atoms with van der Waals surface area (Å²) in [4.78, 5) is 17.8. The SMILES string of the molecule is CC(C)N(C(=O)[C@H](C)Sc1nnc(-c2c[nH]c3ccccc23)o1)C(C)C. The molecule has 0 aliphatic carbocycles. The maximum atomic E-state index is 12.8. The third kappa shape index (κ3) is 3.62. The lowest BCUT2D eigenvalue weighted by atomic mass is 10.2. The van der Waals surface area contributed by atoms with Crippen LogP contribution in [0.5, 0.6) is 0 Å². The molecule has 0 fully saturated rings. The molecule has 0 aliphatic heterocycles. The second kappa shape index (κ2) is 7.53. The van der Waals surface area contributed by atoms with E-state index in [0.29, 0.717) is 11.1 Å². The van der Waals surface area contributed by atoms with Gasteiger partial charge in [-0.2, -0.15) is 0 Å². The van der Waals surface area contributed by atoms with Gasteiger partial charge >= 0.3 is 0 Å². The van der Waals surface area contributed by atoms with E-state index < -0.39 is 0 Å². The molecule has 2 aromatic heterocycles. The summed E-state index contributed by atoms with van der Waals surface area (Å²) in [5.74, 6) is 0.529. The summed E-state index contributed by atoms with van der Waals surface area (Å²) in [6.45, 7) is 9.97. The van der Waals surface area contributed by atoms with Gasteiger partial charge < -0.3 is 14.3 Å². The zero-order valence-electron chi connectivity index (χ0n) is 15.7. The molecule has 26 heavy (non-hydrogen) atoms. The fourth-order valence-electron chi connectivity index (χ4n) is 3.13. The molecule has 0 saturated heterocycles. The van der Waals surface area contributed by atoms with Crippen molar-refractivity contribution in [3.05, 3.63) is 30.5 Å². The predicted molar refractivity (Wildman–Crippen MR) is 104 cm³/mol. The highest BCUT2D eigenvalue weighted by molar-refractivity contribution is 8.00. The molecular formula is C19H24N4O2S. The van der Waals surface area contributed by atoms with Gasteiger partial charge in [-0.1, -0.05) is 30.0 Å². The molecule has 0 saturated carbocycles. The van der Waals surface area contributed by atoms with Gasteiger partial charge in [0.1, 0.15) is 0 Å². The van der Waals surface area contributed by atoms with E-state index >= 15 is 0 Å². The van der Waals surface area contributed by atoms with E-state index in [4.69, 9.17) is 4.42 Å². The van der Waals surface area contributed by atoms with Gasteiger partial charge in [0.05, 0.1) is 10.8 Å². The first-order valence-corrected chi connectivity index (χ1v) is 9.65. The number of H-pyrrole nitrogens is 1. The van der Waals surface area contributed by atoms with E-state index in [2.05, 4.69) is 15.2 Å². The van der Waals surface area contributed by atoms with Gasteiger partial charge in [0.2, 0.25) is 5.91 Å². The maximum Gasteiger partial charge on any atom is 0.277 e. The largest absolute Gasteiger partial charge is 0.411 e. The molecule has 138 valence electrons. The topological polar surface area (TPSA) is 75.0 Å². The molecule has 0 radical (unpaired) electrons. The average molecular weight is 372 g/mol. The highest BCUT2D eigenvalue weighted by atomic mass is 32.2. The lowest BCUT2D eigenvalue weighted by Crippen LogP contribution is -2.45. The number of amides is 1. The van der Waals surface area contributed by atoms with Gasteiger partial charge in [0.25, 0.3) is 11.1 Å². The minimum Gasteiger partial charge on any atom is -0.411 e. The van der Waals surface area contributed by atoms with E-state index in [1.54, 1.807) is 0 Å². The number of nitrogens with zero attached hydrogens (tertiary/aromatic N) is 3. The second-order valence-corrected chi connectivity index (χ2v) is 8.11. The van der Waals surface area contributed by atoms with E-state index in [1.807, 2.05) is 70.0 Å². The van der Waals surface area contributed by atoms with Crippen molar-refractivity contribution in [1.29, 1.82) is 0 Å². The Bertz CT molecular complexity index is 892. The highest BCUT2D eigenvalue weighted by Gasteiger charge is 2.27. The van der Waals surface area contributed by atoms with Crippen LogP contribution in [0.25, 0.3) is 22.4 Å². The second-order valence-electron chi connectivity index (χ2n) is 6.81. The third-order valence-electron chi connectivity index (χ3n) is 4.22. The van der Waals surface area contributed by atoms with Crippen LogP contribution in [0.4, 0.5) is 0 Å². The first kappa shape index (κ1) is 18.5. The first-order chi connectivity index (χ1) is 12.4. The Balaban J connectivity index is 1.77. The summed E-state index contributed by atoms with van der Waals surface area (Å²) in [7, 11) is 0. The molecule has 3 aromatic rings. The van der Waals surface area contributed by atoms with Gasteiger partial charge in [0, 0.05) is 29.2 Å². The number of carbonyl (C=O) groups excluding carboxylic acids is 1. The predicted octanol–water partition coefficient (Wildman–Crippen LogP) is 4.34. The first-order valence-electron chi connectivity index (χ1n) is 8.77. The molecule has 1 aromatic carbocycles. The summed E-state index contributed by atoms with van der Waals surface area (Å²) in [6, 6.07) is 8.25. The van der Waals surface area contributed by atoms with Crippen LogP contribution in [0.3, 0.4) is 0 Å². The molecule has 0 aliphatic rings. The van der Waals surface area contributed by atoms with Crippen LogP contribution >= 0.6 is 11.8 Å². The normalized spacial score (nSPS) is 12.9. The number of benzene rings is 1. The van der Waals surface area contributed by atoms with Gasteiger partial charge in [-0.15, -0.1) is 10.2 Å². The zero-order chi connectivity index (χ0) is 18.8. The number of aromatic nitrogens is 3. The van der Waals surface area contributed by atoms with Crippen molar-refractivity contribution in [1.82, 2.24) is 20.1 Å². The summed E-state index contributed by atoms with van der Waals surface area (Å²) >= 11 is 1.30. The van der Waals surface area contributed by atoms with Crippen LogP contribution in [0.15, 0.2) is 40.1 Å². The van der Waals surface area contributed by atoms with E-state index in [0.717, 1.165) is 16.5 Å². The molecular weight excluding hydrogens is 348 g/mol. The van der Waals surface area contributed by atoms with Crippen LogP contribution in [0.1, 0.15) is 34.6 Å². The van der Waals surface area contributed by atoms with Crippen LogP contribution in [0, 0.1) is 0 Å². The lowest BCUT2D eigenvalue weighted by Gasteiger charge is -2.32. The van der Waals surface area contributed by atoms with Crippen LogP contribution in [0.2, 0.25) is 0 Å². The Hall–Kier alpha value is -2.28. The van der Waals surface area contributed by atoms with Crippen LogP contribution in [-0.2, 0) is 4.79 Å². The Kier molecular flexibility index (Phi) is 5.36. The number of hydrogen-bond acceptors (Lipinski definition) is 5. The number of carbonyl (C=O) groups is 1. The number of aromatic amines is 1. The smallest absolute Gasteiger partial charge is 0.277 e. The number of fused-ring (bicyclic) bond motifs is 1. The minimum absolute atomic E-state index is 0.0758. The monoisotopic (exact) mass is 372 g/mol. The summed E-state index contributed by atoms with van der Waals surface area (Å²) in [6.07, 6.45) is 1.86. The molecule has 0 spiro atoms. The lowest BCUT2D eigenvalue weighted by molar-refractivity contribution is -0.133. The zero-order valence-corrected chi connectivity index (χ0v) is 16.5. The van der Waals surface area contributed by atoms with Crippen molar-refractivity contribution in [3.8, 4) is 11.5 Å². The van der Waals surface area contributed by atoms with Crippen molar-refractivity contribution in [2.45, 2.75) is 57.2 Å². The third-order valence-corrected chi connectivity index (χ3v) is 5.14. The van der Waals surface area contributed by atoms with Crippen LogP contribution < -0.4 is 0 Å². The van der Waals surface area contributed by atoms with E-state index in [9.17, 15) is 4.79 Å². The molecule has 7 heteroatoms. The van der Waals surface area contributed by atoms with E-state index in [1.165, 1.54) is 11.8 Å².